The minimum absolute atomic E-state index is 0.0761. The van der Waals surface area contributed by atoms with Crippen LogP contribution in [0, 0.1) is 11.6 Å². The molecule has 3 aromatic carbocycles. The fourth-order valence-corrected chi connectivity index (χ4v) is 3.79. The molecule has 36 heavy (non-hydrogen) atoms. The zero-order chi connectivity index (χ0) is 25.9. The van der Waals surface area contributed by atoms with E-state index in [-0.39, 0.29) is 24.2 Å². The van der Waals surface area contributed by atoms with E-state index < -0.39 is 23.7 Å². The minimum Gasteiger partial charge on any atom is -0.387 e. The number of alkyl halides is 2. The van der Waals surface area contributed by atoms with Crippen LogP contribution in [0.1, 0.15) is 23.6 Å². The number of hydrogen-bond acceptors (Lipinski definition) is 4. The SMILES string of the molecule is CC(O)C(F)(F)c1ccc(CC(=O)Cc2ccc(-c3nccnc3-c3ccc(F)c(F)c3)cc2)cc1. The molecule has 0 aliphatic rings. The summed E-state index contributed by atoms with van der Waals surface area (Å²) in [6.45, 7) is 1.02. The van der Waals surface area contributed by atoms with Crippen LogP contribution in [0.5, 0.6) is 0 Å². The Hall–Kier alpha value is -3.91. The van der Waals surface area contributed by atoms with Gasteiger partial charge in [-0.15, -0.1) is 0 Å². The smallest absolute Gasteiger partial charge is 0.298 e. The minimum atomic E-state index is -3.36. The van der Waals surface area contributed by atoms with Crippen molar-refractivity contribution in [1.82, 2.24) is 9.97 Å². The van der Waals surface area contributed by atoms with Crippen LogP contribution in [0.4, 0.5) is 17.6 Å². The van der Waals surface area contributed by atoms with Gasteiger partial charge in [-0.3, -0.25) is 14.8 Å². The molecule has 0 aliphatic carbocycles. The molecule has 0 spiro atoms. The molecular formula is C28H22F4N2O2. The molecular weight excluding hydrogens is 472 g/mol. The van der Waals surface area contributed by atoms with Gasteiger partial charge in [-0.05, 0) is 36.2 Å². The molecule has 1 heterocycles. The maximum Gasteiger partial charge on any atom is 0.298 e. The normalized spacial score (nSPS) is 12.4. The average Bonchev–Trinajstić information content (AvgIpc) is 2.86. The Balaban J connectivity index is 1.46. The molecule has 8 heteroatoms. The lowest BCUT2D eigenvalue weighted by atomic mass is 9.98. The van der Waals surface area contributed by atoms with Gasteiger partial charge in [-0.2, -0.15) is 8.78 Å². The van der Waals surface area contributed by atoms with Crippen molar-refractivity contribution >= 4 is 5.78 Å². The van der Waals surface area contributed by atoms with Gasteiger partial charge in [-0.1, -0.05) is 48.5 Å². The number of rotatable bonds is 8. The average molecular weight is 494 g/mol. The largest absolute Gasteiger partial charge is 0.387 e. The van der Waals surface area contributed by atoms with E-state index in [1.165, 1.54) is 42.7 Å². The highest BCUT2D eigenvalue weighted by molar-refractivity contribution is 5.83. The van der Waals surface area contributed by atoms with Crippen LogP contribution in [0.3, 0.4) is 0 Å². The number of carbonyl (C=O) groups is 1. The van der Waals surface area contributed by atoms with Gasteiger partial charge < -0.3 is 5.11 Å². The molecule has 0 fully saturated rings. The van der Waals surface area contributed by atoms with Gasteiger partial charge in [0.05, 0.1) is 11.4 Å². The second-order valence-corrected chi connectivity index (χ2v) is 8.47. The summed E-state index contributed by atoms with van der Waals surface area (Å²) in [7, 11) is 0. The maximum atomic E-state index is 13.9. The molecule has 0 bridgehead atoms. The summed E-state index contributed by atoms with van der Waals surface area (Å²) in [5, 5.41) is 9.26. The van der Waals surface area contributed by atoms with E-state index in [0.717, 1.165) is 24.6 Å². The van der Waals surface area contributed by atoms with Crippen molar-refractivity contribution in [1.29, 1.82) is 0 Å². The third kappa shape index (κ3) is 5.49. The van der Waals surface area contributed by atoms with Crippen LogP contribution in [0.2, 0.25) is 0 Å². The van der Waals surface area contributed by atoms with Crippen LogP contribution in [0.25, 0.3) is 22.5 Å². The van der Waals surface area contributed by atoms with Gasteiger partial charge in [0, 0.05) is 41.9 Å². The predicted octanol–water partition coefficient (Wildman–Crippen LogP) is 5.92. The van der Waals surface area contributed by atoms with Crippen molar-refractivity contribution in [2.24, 2.45) is 0 Å². The van der Waals surface area contributed by atoms with E-state index in [4.69, 9.17) is 0 Å². The molecule has 1 aromatic heterocycles. The van der Waals surface area contributed by atoms with Crippen molar-refractivity contribution in [3.8, 4) is 22.5 Å². The molecule has 0 aliphatic heterocycles. The Morgan fingerprint density at radius 3 is 1.83 bits per heavy atom. The lowest BCUT2D eigenvalue weighted by molar-refractivity contribution is -0.117. The van der Waals surface area contributed by atoms with E-state index >= 15 is 0 Å². The molecule has 1 N–H and O–H groups in total. The third-order valence-electron chi connectivity index (χ3n) is 5.78. The van der Waals surface area contributed by atoms with E-state index in [0.29, 0.717) is 28.1 Å². The monoisotopic (exact) mass is 494 g/mol. The number of ketones is 1. The topological polar surface area (TPSA) is 63.1 Å². The molecule has 0 radical (unpaired) electrons. The van der Waals surface area contributed by atoms with Gasteiger partial charge in [0.15, 0.2) is 11.6 Å². The zero-order valence-electron chi connectivity index (χ0n) is 19.3. The van der Waals surface area contributed by atoms with Gasteiger partial charge >= 0.3 is 0 Å². The molecule has 4 aromatic rings. The Bertz CT molecular complexity index is 1370. The number of carbonyl (C=O) groups excluding carboxylic acids is 1. The number of aliphatic hydroxyl groups is 1. The second kappa shape index (κ2) is 10.4. The number of nitrogens with zero attached hydrogens (tertiary/aromatic N) is 2. The fourth-order valence-electron chi connectivity index (χ4n) is 3.79. The van der Waals surface area contributed by atoms with Gasteiger partial charge in [-0.25, -0.2) is 8.78 Å². The Morgan fingerprint density at radius 1 is 0.806 bits per heavy atom. The third-order valence-corrected chi connectivity index (χ3v) is 5.78. The number of benzene rings is 3. The lowest BCUT2D eigenvalue weighted by Crippen LogP contribution is -2.27. The van der Waals surface area contributed by atoms with Crippen molar-refractivity contribution in [3.05, 3.63) is 107 Å². The highest BCUT2D eigenvalue weighted by atomic mass is 19.3. The molecule has 0 saturated heterocycles. The van der Waals surface area contributed by atoms with E-state index in [1.807, 2.05) is 0 Å². The first-order valence-corrected chi connectivity index (χ1v) is 11.2. The molecule has 4 nitrogen and oxygen atoms in total. The summed E-state index contributed by atoms with van der Waals surface area (Å²) >= 11 is 0. The summed E-state index contributed by atoms with van der Waals surface area (Å²) in [6.07, 6.45) is 1.36. The molecule has 4 rings (SSSR count). The highest BCUT2D eigenvalue weighted by Crippen LogP contribution is 2.32. The van der Waals surface area contributed by atoms with Crippen molar-refractivity contribution in [3.63, 3.8) is 0 Å². The Morgan fingerprint density at radius 2 is 1.31 bits per heavy atom. The molecule has 184 valence electrons. The number of Topliss-reactive ketones (excluding diaryl/α,β-unsaturated/α-hetero) is 1. The summed E-state index contributed by atoms with van der Waals surface area (Å²) in [5.41, 5.74) is 2.98. The van der Waals surface area contributed by atoms with Crippen LogP contribution in [-0.4, -0.2) is 27.0 Å². The second-order valence-electron chi connectivity index (χ2n) is 8.47. The first kappa shape index (κ1) is 25.2. The number of halogens is 4. The van der Waals surface area contributed by atoms with Crippen molar-refractivity contribution in [2.75, 3.05) is 0 Å². The molecule has 0 amide bonds. The van der Waals surface area contributed by atoms with Crippen LogP contribution in [0.15, 0.2) is 79.1 Å². The van der Waals surface area contributed by atoms with E-state index in [2.05, 4.69) is 9.97 Å². The zero-order valence-corrected chi connectivity index (χ0v) is 19.3. The van der Waals surface area contributed by atoms with Gasteiger partial charge in [0.25, 0.3) is 5.92 Å². The predicted molar refractivity (Wildman–Crippen MR) is 127 cm³/mol. The first-order chi connectivity index (χ1) is 17.1. The van der Waals surface area contributed by atoms with E-state index in [1.54, 1.807) is 24.3 Å². The summed E-state index contributed by atoms with van der Waals surface area (Å²) in [6, 6.07) is 15.9. The fraction of sp³-hybridized carbons (Fsp3) is 0.179. The Labute approximate surface area is 205 Å². The van der Waals surface area contributed by atoms with Crippen molar-refractivity contribution < 1.29 is 27.5 Å². The van der Waals surface area contributed by atoms with Crippen molar-refractivity contribution in [2.45, 2.75) is 31.8 Å². The summed E-state index contributed by atoms with van der Waals surface area (Å²) in [4.78, 5) is 21.2. The van der Waals surface area contributed by atoms with Gasteiger partial charge in [0.2, 0.25) is 0 Å². The maximum absolute atomic E-state index is 13.9. The highest BCUT2D eigenvalue weighted by Gasteiger charge is 2.37. The van der Waals surface area contributed by atoms with Gasteiger partial charge in [0.1, 0.15) is 11.9 Å². The molecule has 0 saturated carbocycles. The van der Waals surface area contributed by atoms with E-state index in [9.17, 15) is 27.5 Å². The summed E-state index contributed by atoms with van der Waals surface area (Å²) < 4.78 is 54.9. The lowest BCUT2D eigenvalue weighted by Gasteiger charge is -2.19. The standard InChI is InChI=1S/C28H22F4N2O2/c1-17(35)28(31,32)22-9-4-19(5-10-22)15-23(36)14-18-2-6-20(7-3-18)26-27(34-13-12-33-26)21-8-11-24(29)25(30)16-21/h2-13,16-17,35H,14-15H2,1H3. The molecule has 1 atom stereocenters. The van der Waals surface area contributed by atoms with Crippen LogP contribution < -0.4 is 0 Å². The Kier molecular flexibility index (Phi) is 7.26. The van der Waals surface area contributed by atoms with Crippen LogP contribution in [-0.2, 0) is 23.6 Å². The molecule has 1 unspecified atom stereocenters. The number of hydrogen-bond donors (Lipinski definition) is 1. The number of aromatic nitrogens is 2. The first-order valence-electron chi connectivity index (χ1n) is 11.2. The summed E-state index contributed by atoms with van der Waals surface area (Å²) in [5.74, 6) is -5.39. The number of aliphatic hydroxyl groups excluding tert-OH is 1. The quantitative estimate of drug-likeness (QED) is 0.309. The van der Waals surface area contributed by atoms with Crippen LogP contribution >= 0.6 is 0 Å².